The van der Waals surface area contributed by atoms with Gasteiger partial charge in [-0.1, -0.05) is 56.3 Å². The number of para-hydroxylation sites is 1. The molecule has 7 aromatic rings. The number of nitrogens with zero attached hydrogens (tertiary/aromatic N) is 8. The van der Waals surface area contributed by atoms with Crippen molar-refractivity contribution in [2.75, 3.05) is 87.1 Å². The number of carbonyl (C=O) groups excluding carboxylic acids is 9. The second-order valence-corrected chi connectivity index (χ2v) is 36.8. The van der Waals surface area contributed by atoms with E-state index in [-0.39, 0.29) is 72.3 Å². The van der Waals surface area contributed by atoms with E-state index in [2.05, 4.69) is 82.5 Å². The van der Waals surface area contributed by atoms with Crippen LogP contribution in [0.4, 0.5) is 23.0 Å². The number of rotatable bonds is 37. The highest BCUT2D eigenvalue weighted by Gasteiger charge is 2.79. The Hall–Kier alpha value is -14.0. The number of esters is 1. The molecule has 2 bridgehead atoms. The number of piperidine rings is 1. The number of carboxylic acids is 4. The lowest BCUT2D eigenvalue weighted by Crippen LogP contribution is -2.81. The zero-order valence-electron chi connectivity index (χ0n) is 75.2. The van der Waals surface area contributed by atoms with Crippen molar-refractivity contribution in [3.05, 3.63) is 153 Å². The minimum atomic E-state index is -2.65. The number of aliphatic carboxylic acids is 4. The molecule has 6 aliphatic heterocycles. The molecule has 1 aliphatic carbocycles. The summed E-state index contributed by atoms with van der Waals surface area (Å²) >= 11 is 0.656. The number of aromatic amines is 2. The molecule has 45 heteroatoms. The highest BCUT2D eigenvalue weighted by atomic mass is 32.2. The van der Waals surface area contributed by atoms with E-state index >= 15 is 9.59 Å². The van der Waals surface area contributed by atoms with Crippen molar-refractivity contribution in [3.8, 4) is 5.75 Å². The maximum atomic E-state index is 15.7. The second-order valence-electron chi connectivity index (χ2n) is 35.5. The lowest BCUT2D eigenvalue weighted by Gasteiger charge is -2.63. The number of H-pyrrole nitrogens is 2. The smallest absolute Gasteiger partial charge is 0.327 e. The standard InChI is InChI=1S/C91H109N21O23S/c1-7-87(132)38-46-39-90(84(131)135-6,70-53(26-31-110(42-46)44-87)52-13-9-10-14-56(52)100-70)55-33-54-62(36-63(55)134-5)109(4)81-89(54)28-32-111-30-12-27-88(8-2,80(89)111)82(129)91(81,133)83(130)108-107-45(3)47-18-22-51(23-19-47)112-66(114)37-64(77(112)124)136-43-61(79(127)128)104-75(122)60(35-68(117)118)103-73(120)57(15-11-29-95-85(92)93)101-74(121)59(34-67(115)116)99-65(113)25-24-58(78(125)126)102-72(119)48-16-20-49(21-17-48)96-40-50-41-97-71-69(98-50)76(123)106-86(94)105-71/h9-10,12-14,16-23,27,33,36,41,46,57-61,64,80-82,96,100,129,132-133H,7-8,11,15,24-26,28-32,34-35,37-40,42-44H2,1-6H3,(H,99,113)(H,101,121)(H,102,119)(H,103,120)(H,104,122)(H,108,130)(H,115,116)(H,117,118)(H,125,126)(H,127,128)(H4,92,93,95)(H3,94,97,105,106,123)/b107-45+/t46-,57+,58+,59+,60+,61+,64?,80+,81-,82-,87+,88-,89-,90+,91+/m1/s1. The summed E-state index contributed by atoms with van der Waals surface area (Å²) in [6.45, 7) is 8.05. The molecule has 3 aromatic heterocycles. The van der Waals surface area contributed by atoms with Gasteiger partial charge in [0.15, 0.2) is 22.7 Å². The average Bonchev–Trinajstić information content (AvgIpc) is 1.47. The van der Waals surface area contributed by atoms with Crippen molar-refractivity contribution in [3.63, 3.8) is 0 Å². The zero-order valence-corrected chi connectivity index (χ0v) is 76.1. The summed E-state index contributed by atoms with van der Waals surface area (Å²) in [5.74, 6) is -16.9. The normalized spacial score (nSPS) is 24.8. The predicted octanol–water partition coefficient (Wildman–Crippen LogP) is 0.273. The number of nitrogens with two attached hydrogens (primary N) is 2. The van der Waals surface area contributed by atoms with Crippen LogP contribution >= 0.6 is 11.8 Å². The third kappa shape index (κ3) is 19.1. The fourth-order valence-corrected chi connectivity index (χ4v) is 22.1. The molecule has 8 amide bonds. The van der Waals surface area contributed by atoms with Crippen LogP contribution < -0.4 is 74.2 Å². The number of aromatic nitrogens is 5. The number of nitrogens with one attached hydrogen (secondary N) is 11. The average molecular weight is 1900 g/mol. The van der Waals surface area contributed by atoms with Crippen molar-refractivity contribution in [2.45, 2.75) is 186 Å². The predicted molar refractivity (Wildman–Crippen MR) is 492 cm³/mol. The Morgan fingerprint density at radius 2 is 1.45 bits per heavy atom. The highest BCUT2D eigenvalue weighted by molar-refractivity contribution is 8.00. The molecule has 4 fully saturated rings. The lowest BCUT2D eigenvalue weighted by atomic mass is 9.47. The monoisotopic (exact) mass is 1900 g/mol. The maximum absolute atomic E-state index is 15.7. The summed E-state index contributed by atoms with van der Waals surface area (Å²) < 4.78 is 12.5. The molecule has 0 radical (unpaired) electrons. The number of likely N-dealkylation sites (N-methyl/N-ethyl adjacent to an activating group) is 1. The Balaban J connectivity index is 0.622. The number of aliphatic hydroxyl groups is 3. The molecule has 14 rings (SSSR count). The van der Waals surface area contributed by atoms with Gasteiger partial charge < -0.3 is 104 Å². The zero-order chi connectivity index (χ0) is 97.9. The molecule has 722 valence electrons. The minimum Gasteiger partial charge on any atom is -0.496 e. The number of nitrogen functional groups attached to an aromatic ring is 1. The molecule has 3 saturated heterocycles. The number of carboxylic acid groups (broad SMARTS) is 4. The number of fused-ring (bicyclic) bond motifs is 7. The van der Waals surface area contributed by atoms with Crippen LogP contribution in [0, 0.1) is 16.7 Å². The molecule has 1 saturated carbocycles. The van der Waals surface area contributed by atoms with E-state index in [1.54, 1.807) is 14.0 Å². The second kappa shape index (κ2) is 39.9. The number of hydrogen-bond acceptors (Lipinski definition) is 30. The number of amides is 8. The molecule has 9 heterocycles. The van der Waals surface area contributed by atoms with E-state index < -0.39 is 214 Å². The maximum Gasteiger partial charge on any atom is 0.327 e. The van der Waals surface area contributed by atoms with Gasteiger partial charge in [0.2, 0.25) is 41.4 Å². The van der Waals surface area contributed by atoms with Gasteiger partial charge in [-0.2, -0.15) is 10.1 Å². The van der Waals surface area contributed by atoms with Gasteiger partial charge >= 0.3 is 29.8 Å². The van der Waals surface area contributed by atoms with E-state index in [9.17, 15) is 93.3 Å². The first-order valence-electron chi connectivity index (χ1n) is 44.4. The van der Waals surface area contributed by atoms with Crippen LogP contribution in [0.15, 0.2) is 113 Å². The Labute approximate surface area is 781 Å². The van der Waals surface area contributed by atoms with E-state index in [0.29, 0.717) is 110 Å². The summed E-state index contributed by atoms with van der Waals surface area (Å²) in [5.41, 5.74) is 10.9. The summed E-state index contributed by atoms with van der Waals surface area (Å²) in [6.07, 6.45) is 1.09. The number of ether oxygens (including phenoxy) is 2. The number of methoxy groups -OCH3 is 2. The SMILES string of the molecule is CC[C@]1(O)C[C@H]2CN(CCc3c([nH]c4ccccc34)[C@@](C(=O)OC)(c3cc4c(cc3OC)N(C)[C@H]3[C@@](O)(C(=O)N/N=C(\C)c5ccc(N6C(=O)CC(SC[C@H](NC(=O)[C@H](CC(=O)O)NC(=O)[C@H](CCCNC(=N)N)NC(=O)[C@H](CC(=O)O)NC(=O)CC[C@H](NC(=O)c7ccc(NCc8cnc9nc(N)[nH]c(=O)c9n8)cc7)C(=O)O)C(=O)O)C6=O)cc5)[C@H](O)[C@]5(CC)C=CCN6CC[C@]43[C@@H]65)C2)C1. The number of benzene rings is 4. The molecule has 7 aliphatic rings. The number of thioether (sulfide) groups is 1. The third-order valence-electron chi connectivity index (χ3n) is 27.3. The van der Waals surface area contributed by atoms with Crippen molar-refractivity contribution in [1.82, 2.24) is 72.0 Å². The van der Waals surface area contributed by atoms with Crippen LogP contribution in [0.3, 0.4) is 0 Å². The summed E-state index contributed by atoms with van der Waals surface area (Å²) in [5, 5.41) is 108. The van der Waals surface area contributed by atoms with Crippen molar-refractivity contribution in [2.24, 2.45) is 22.2 Å². The molecule has 1 spiro atoms. The summed E-state index contributed by atoms with van der Waals surface area (Å²) in [6, 6.07) is 12.0. The van der Waals surface area contributed by atoms with E-state index in [1.165, 1.54) is 68.9 Å². The van der Waals surface area contributed by atoms with Gasteiger partial charge in [-0.15, -0.1) is 11.8 Å². The largest absolute Gasteiger partial charge is 0.496 e. The number of guanidine groups is 1. The van der Waals surface area contributed by atoms with Crippen LogP contribution in [-0.4, -0.2) is 290 Å². The van der Waals surface area contributed by atoms with E-state index in [0.717, 1.165) is 26.9 Å². The van der Waals surface area contributed by atoms with Crippen LogP contribution in [0.5, 0.6) is 5.75 Å². The summed E-state index contributed by atoms with van der Waals surface area (Å²) in [7, 11) is 4.66. The first kappa shape index (κ1) is 98.0. The molecule has 4 aromatic carbocycles. The van der Waals surface area contributed by atoms with Crippen LogP contribution in [0.25, 0.3) is 22.1 Å². The number of anilines is 4. The van der Waals surface area contributed by atoms with Gasteiger partial charge in [0.05, 0.1) is 73.8 Å². The number of hydrazone groups is 1. The minimum absolute atomic E-state index is 0.0158. The topological polar surface area (TPSA) is 667 Å². The Morgan fingerprint density at radius 1 is 0.772 bits per heavy atom. The van der Waals surface area contributed by atoms with Gasteiger partial charge in [-0.3, -0.25) is 77.7 Å². The van der Waals surface area contributed by atoms with Crippen molar-refractivity contribution >= 4 is 146 Å². The first-order chi connectivity index (χ1) is 64.7. The number of carbonyl (C=O) groups is 13. The molecule has 44 nitrogen and oxygen atoms in total. The third-order valence-corrected chi connectivity index (χ3v) is 28.6. The van der Waals surface area contributed by atoms with E-state index in [1.807, 2.05) is 67.3 Å². The van der Waals surface area contributed by atoms with Crippen LogP contribution in [0.2, 0.25) is 0 Å². The quantitative estimate of drug-likeness (QED) is 0.00473. The Kier molecular flexibility index (Phi) is 28.7. The first-order valence-corrected chi connectivity index (χ1v) is 45.5. The molecule has 22 N–H and O–H groups in total. The fourth-order valence-electron chi connectivity index (χ4n) is 21.0. The van der Waals surface area contributed by atoms with Crippen LogP contribution in [-0.2, 0) is 86.1 Å². The molecule has 2 unspecified atom stereocenters. The molecular weight excluding hydrogens is 1790 g/mol. The highest BCUT2D eigenvalue weighted by Crippen LogP contribution is 2.68. The number of imide groups is 1. The van der Waals surface area contributed by atoms with Gasteiger partial charge in [-0.25, -0.2) is 29.9 Å². The lowest BCUT2D eigenvalue weighted by molar-refractivity contribution is -0.203. The van der Waals surface area contributed by atoms with Gasteiger partial charge in [0, 0.05) is 120 Å². The molecular formula is C91H109N21O23S. The number of aliphatic hydroxyl groups excluding tert-OH is 1. The Morgan fingerprint density at radius 3 is 2.12 bits per heavy atom. The van der Waals surface area contributed by atoms with Gasteiger partial charge in [0.25, 0.3) is 17.4 Å². The summed E-state index contributed by atoms with van der Waals surface area (Å²) in [4.78, 5) is 216. The van der Waals surface area contributed by atoms with Crippen LogP contribution in [0.1, 0.15) is 142 Å². The van der Waals surface area contributed by atoms with Crippen molar-refractivity contribution in [1.29, 1.82) is 5.41 Å². The molecule has 16 atom stereocenters. The van der Waals surface area contributed by atoms with Gasteiger partial charge in [0.1, 0.15) is 47.5 Å². The number of hydrogen-bond donors (Lipinski definition) is 20. The van der Waals surface area contributed by atoms with Crippen molar-refractivity contribution < 1.29 is 108 Å². The fraction of sp³-hybridized carbons (Fsp3) is 0.462. The molecule has 136 heavy (non-hydrogen) atoms. The Bertz CT molecular complexity index is 6060. The van der Waals surface area contributed by atoms with Gasteiger partial charge in [-0.05, 0) is 142 Å². The van der Waals surface area contributed by atoms with E-state index in [4.69, 9.17) is 26.4 Å².